The van der Waals surface area contributed by atoms with Crippen molar-refractivity contribution in [3.8, 4) is 0 Å². The SMILES string of the molecule is CSc1cccc2c1C(=O)c1cccc(Sc3cccc(C)c3)c1C2=O. The molecule has 0 unspecified atom stereocenters. The maximum absolute atomic E-state index is 13.2. The number of carbonyl (C=O) groups excluding carboxylic acids is 2. The normalized spacial score (nSPS) is 12.7. The fraction of sp³-hybridized carbons (Fsp3) is 0.0909. The first kappa shape index (κ1) is 17.1. The summed E-state index contributed by atoms with van der Waals surface area (Å²) in [5, 5.41) is 0. The van der Waals surface area contributed by atoms with Gasteiger partial charge in [0.05, 0.1) is 0 Å². The highest BCUT2D eigenvalue weighted by atomic mass is 32.2. The minimum absolute atomic E-state index is 0.0637. The van der Waals surface area contributed by atoms with Gasteiger partial charge in [0, 0.05) is 36.9 Å². The Morgan fingerprint density at radius 1 is 0.731 bits per heavy atom. The molecular weight excluding hydrogens is 360 g/mol. The molecule has 0 spiro atoms. The van der Waals surface area contributed by atoms with Crippen LogP contribution in [0.2, 0.25) is 0 Å². The summed E-state index contributed by atoms with van der Waals surface area (Å²) in [5.41, 5.74) is 3.23. The Morgan fingerprint density at radius 3 is 1.92 bits per heavy atom. The predicted octanol–water partition coefficient (Wildman–Crippen LogP) is 5.64. The van der Waals surface area contributed by atoms with Gasteiger partial charge in [-0.1, -0.05) is 53.7 Å². The van der Waals surface area contributed by atoms with E-state index in [1.54, 1.807) is 12.1 Å². The van der Waals surface area contributed by atoms with Crippen molar-refractivity contribution < 1.29 is 9.59 Å². The van der Waals surface area contributed by atoms with E-state index in [1.165, 1.54) is 23.5 Å². The fourth-order valence-corrected chi connectivity index (χ4v) is 4.96. The van der Waals surface area contributed by atoms with E-state index in [2.05, 4.69) is 6.07 Å². The van der Waals surface area contributed by atoms with Crippen LogP contribution in [0.15, 0.2) is 75.4 Å². The molecule has 1 aliphatic carbocycles. The zero-order valence-electron chi connectivity index (χ0n) is 14.4. The summed E-state index contributed by atoms with van der Waals surface area (Å²) in [5.74, 6) is -0.132. The van der Waals surface area contributed by atoms with E-state index >= 15 is 0 Å². The van der Waals surface area contributed by atoms with Crippen LogP contribution in [0.3, 0.4) is 0 Å². The molecule has 0 atom stereocenters. The van der Waals surface area contributed by atoms with Gasteiger partial charge in [-0.15, -0.1) is 11.8 Å². The Hall–Kier alpha value is -2.30. The van der Waals surface area contributed by atoms with Crippen molar-refractivity contribution in [2.45, 2.75) is 21.6 Å². The Kier molecular flexibility index (Phi) is 4.47. The van der Waals surface area contributed by atoms with E-state index in [1.807, 2.05) is 55.6 Å². The maximum atomic E-state index is 13.2. The molecule has 0 bridgehead atoms. The van der Waals surface area contributed by atoms with Crippen molar-refractivity contribution in [1.82, 2.24) is 0 Å². The number of carbonyl (C=O) groups is 2. The second kappa shape index (κ2) is 6.78. The number of ketones is 2. The molecule has 0 aliphatic heterocycles. The van der Waals surface area contributed by atoms with Gasteiger partial charge in [0.15, 0.2) is 11.6 Å². The Morgan fingerprint density at radius 2 is 1.31 bits per heavy atom. The molecule has 0 saturated carbocycles. The quantitative estimate of drug-likeness (QED) is 0.433. The molecule has 2 nitrogen and oxygen atoms in total. The molecular formula is C22H16O2S2. The number of thioether (sulfide) groups is 1. The summed E-state index contributed by atoms with van der Waals surface area (Å²) in [6, 6.07) is 19.2. The lowest BCUT2D eigenvalue weighted by Crippen LogP contribution is -2.22. The van der Waals surface area contributed by atoms with Gasteiger partial charge in [0.2, 0.25) is 0 Å². The maximum Gasteiger partial charge on any atom is 0.195 e. The van der Waals surface area contributed by atoms with Crippen molar-refractivity contribution in [1.29, 1.82) is 0 Å². The largest absolute Gasteiger partial charge is 0.289 e. The van der Waals surface area contributed by atoms with Crippen LogP contribution in [0, 0.1) is 6.92 Å². The summed E-state index contributed by atoms with van der Waals surface area (Å²) >= 11 is 3.02. The molecule has 4 rings (SSSR count). The zero-order chi connectivity index (χ0) is 18.3. The molecule has 3 aromatic carbocycles. The number of aryl methyl sites for hydroxylation is 1. The molecule has 0 heterocycles. The lowest BCUT2D eigenvalue weighted by Gasteiger charge is -2.21. The monoisotopic (exact) mass is 376 g/mol. The first-order valence-electron chi connectivity index (χ1n) is 8.24. The minimum atomic E-state index is -0.0683. The van der Waals surface area contributed by atoms with E-state index < -0.39 is 0 Å². The Bertz CT molecular complexity index is 1050. The van der Waals surface area contributed by atoms with Crippen LogP contribution in [0.1, 0.15) is 37.4 Å². The third-order valence-corrected chi connectivity index (χ3v) is 6.26. The summed E-state index contributed by atoms with van der Waals surface area (Å²) < 4.78 is 0. The van der Waals surface area contributed by atoms with Gasteiger partial charge in [0.1, 0.15) is 0 Å². The molecule has 0 amide bonds. The third-order valence-electron chi connectivity index (χ3n) is 4.43. The van der Waals surface area contributed by atoms with Crippen LogP contribution in [-0.2, 0) is 0 Å². The van der Waals surface area contributed by atoms with Crippen molar-refractivity contribution >= 4 is 35.1 Å². The standard InChI is InChI=1S/C22H16O2S2/c1-13-6-3-7-14(12-13)26-18-11-5-9-16-20(18)22(24)15-8-4-10-17(25-2)19(15)21(16)23/h3-12H,1-2H3. The lowest BCUT2D eigenvalue weighted by molar-refractivity contribution is 0.0974. The third kappa shape index (κ3) is 2.79. The van der Waals surface area contributed by atoms with Crippen LogP contribution < -0.4 is 0 Å². The second-order valence-corrected chi connectivity index (χ2v) is 8.10. The Balaban J connectivity index is 1.86. The molecule has 0 N–H and O–H groups in total. The number of rotatable bonds is 3. The van der Waals surface area contributed by atoms with Crippen molar-refractivity contribution in [2.24, 2.45) is 0 Å². The van der Waals surface area contributed by atoms with E-state index in [0.29, 0.717) is 22.3 Å². The van der Waals surface area contributed by atoms with Gasteiger partial charge >= 0.3 is 0 Å². The Labute approximate surface area is 161 Å². The van der Waals surface area contributed by atoms with E-state index in [9.17, 15) is 9.59 Å². The number of hydrogen-bond acceptors (Lipinski definition) is 4. The summed E-state index contributed by atoms with van der Waals surface area (Å²) in [4.78, 5) is 29.1. The summed E-state index contributed by atoms with van der Waals surface area (Å²) in [7, 11) is 0. The van der Waals surface area contributed by atoms with E-state index in [-0.39, 0.29) is 11.6 Å². The van der Waals surface area contributed by atoms with Gasteiger partial charge in [-0.05, 0) is 37.4 Å². The van der Waals surface area contributed by atoms with Gasteiger partial charge in [0.25, 0.3) is 0 Å². The van der Waals surface area contributed by atoms with E-state index in [0.717, 1.165) is 20.2 Å². The first-order chi connectivity index (χ1) is 12.6. The lowest BCUT2D eigenvalue weighted by atomic mass is 9.84. The van der Waals surface area contributed by atoms with Crippen LogP contribution >= 0.6 is 23.5 Å². The van der Waals surface area contributed by atoms with Crippen LogP contribution in [-0.4, -0.2) is 17.8 Å². The fourth-order valence-electron chi connectivity index (χ4n) is 3.24. The van der Waals surface area contributed by atoms with Crippen molar-refractivity contribution in [3.63, 3.8) is 0 Å². The molecule has 0 aromatic heterocycles. The highest BCUT2D eigenvalue weighted by Gasteiger charge is 2.33. The number of hydrogen-bond donors (Lipinski definition) is 0. The summed E-state index contributed by atoms with van der Waals surface area (Å²) in [6.07, 6.45) is 1.92. The molecule has 0 saturated heterocycles. The first-order valence-corrected chi connectivity index (χ1v) is 10.3. The molecule has 26 heavy (non-hydrogen) atoms. The van der Waals surface area contributed by atoms with Gasteiger partial charge in [-0.3, -0.25) is 9.59 Å². The highest BCUT2D eigenvalue weighted by molar-refractivity contribution is 7.99. The molecule has 1 aliphatic rings. The average molecular weight is 377 g/mol. The highest BCUT2D eigenvalue weighted by Crippen LogP contribution is 2.39. The van der Waals surface area contributed by atoms with Gasteiger partial charge < -0.3 is 0 Å². The number of benzene rings is 3. The van der Waals surface area contributed by atoms with Crippen molar-refractivity contribution in [2.75, 3.05) is 6.26 Å². The van der Waals surface area contributed by atoms with E-state index in [4.69, 9.17) is 0 Å². The number of fused-ring (bicyclic) bond motifs is 2. The van der Waals surface area contributed by atoms with Crippen LogP contribution in [0.25, 0.3) is 0 Å². The topological polar surface area (TPSA) is 34.1 Å². The zero-order valence-corrected chi connectivity index (χ0v) is 16.0. The molecule has 0 radical (unpaired) electrons. The van der Waals surface area contributed by atoms with Gasteiger partial charge in [-0.25, -0.2) is 0 Å². The van der Waals surface area contributed by atoms with Crippen LogP contribution in [0.5, 0.6) is 0 Å². The minimum Gasteiger partial charge on any atom is -0.289 e. The summed E-state index contributed by atoms with van der Waals surface area (Å²) in [6.45, 7) is 2.04. The van der Waals surface area contributed by atoms with Crippen LogP contribution in [0.4, 0.5) is 0 Å². The van der Waals surface area contributed by atoms with Crippen molar-refractivity contribution in [3.05, 3.63) is 88.5 Å². The second-order valence-electron chi connectivity index (χ2n) is 6.14. The molecule has 128 valence electrons. The molecule has 0 fully saturated rings. The van der Waals surface area contributed by atoms with Gasteiger partial charge in [-0.2, -0.15) is 0 Å². The predicted molar refractivity (Wildman–Crippen MR) is 107 cm³/mol. The molecule has 4 heteroatoms. The smallest absolute Gasteiger partial charge is 0.195 e. The molecule has 3 aromatic rings. The average Bonchev–Trinajstić information content (AvgIpc) is 2.65.